The Hall–Kier alpha value is -3.20. The molecule has 9 nitrogen and oxygen atoms in total. The number of nitrogens with one attached hydrogen (secondary N) is 2. The molecule has 0 saturated carbocycles. The number of H-pyrrole nitrogens is 1. The number of aromatic nitrogens is 5. The molecule has 1 unspecified atom stereocenters. The van der Waals surface area contributed by atoms with Gasteiger partial charge in [-0.15, -0.1) is 0 Å². The third kappa shape index (κ3) is 4.20. The van der Waals surface area contributed by atoms with Crippen LogP contribution in [-0.2, 0) is 6.54 Å². The molecule has 9 heteroatoms. The van der Waals surface area contributed by atoms with Gasteiger partial charge in [0, 0.05) is 37.9 Å². The number of urea groups is 1. The molecule has 1 saturated heterocycles. The number of amides is 2. The Morgan fingerprint density at radius 2 is 2.00 bits per heavy atom. The topological polar surface area (TPSA) is 95.0 Å². The molecule has 28 heavy (non-hydrogen) atoms. The Morgan fingerprint density at radius 3 is 2.71 bits per heavy atom. The molecule has 2 N–H and O–H groups in total. The Labute approximate surface area is 163 Å². The van der Waals surface area contributed by atoms with Crippen LogP contribution in [0.2, 0.25) is 0 Å². The molecule has 0 bridgehead atoms. The zero-order valence-corrected chi connectivity index (χ0v) is 15.8. The molecular weight excluding hydrogens is 356 g/mol. The lowest BCUT2D eigenvalue weighted by Crippen LogP contribution is -2.51. The molecule has 2 amide bonds. The lowest BCUT2D eigenvalue weighted by Gasteiger charge is -2.34. The first-order valence-corrected chi connectivity index (χ1v) is 9.41. The van der Waals surface area contributed by atoms with E-state index in [2.05, 4.69) is 30.5 Å². The highest BCUT2D eigenvalue weighted by atomic mass is 16.2. The van der Waals surface area contributed by atoms with Crippen LogP contribution in [0.3, 0.4) is 0 Å². The highest BCUT2D eigenvalue weighted by molar-refractivity contribution is 5.74. The van der Waals surface area contributed by atoms with Crippen molar-refractivity contribution in [1.29, 1.82) is 0 Å². The summed E-state index contributed by atoms with van der Waals surface area (Å²) in [7, 11) is 0. The second-order valence-corrected chi connectivity index (χ2v) is 6.92. The fraction of sp³-hybridized carbons (Fsp3) is 0.368. The van der Waals surface area contributed by atoms with Gasteiger partial charge in [-0.1, -0.05) is 18.2 Å². The normalized spacial score (nSPS) is 16.1. The van der Waals surface area contributed by atoms with Crippen LogP contribution in [0, 0.1) is 0 Å². The number of carbonyl (C=O) groups excluding carboxylic acids is 1. The monoisotopic (exact) mass is 380 g/mol. The maximum absolute atomic E-state index is 12.6. The van der Waals surface area contributed by atoms with Gasteiger partial charge < -0.3 is 10.2 Å². The number of nitrogens with zero attached hydrogens (tertiary/aromatic N) is 6. The maximum atomic E-state index is 12.6. The highest BCUT2D eigenvalue weighted by Gasteiger charge is 2.23. The van der Waals surface area contributed by atoms with E-state index in [0.29, 0.717) is 13.1 Å². The van der Waals surface area contributed by atoms with Gasteiger partial charge in [0.2, 0.25) is 0 Å². The van der Waals surface area contributed by atoms with Crippen molar-refractivity contribution in [3.63, 3.8) is 0 Å². The van der Waals surface area contributed by atoms with Gasteiger partial charge in [0.25, 0.3) is 0 Å². The van der Waals surface area contributed by atoms with Crippen molar-refractivity contribution in [1.82, 2.24) is 40.1 Å². The molecule has 3 heterocycles. The molecule has 0 aliphatic carbocycles. The van der Waals surface area contributed by atoms with Crippen molar-refractivity contribution in [3.05, 3.63) is 60.4 Å². The van der Waals surface area contributed by atoms with E-state index >= 15 is 0 Å². The number of aromatic amines is 1. The van der Waals surface area contributed by atoms with E-state index in [4.69, 9.17) is 0 Å². The summed E-state index contributed by atoms with van der Waals surface area (Å²) in [5.74, 6) is 0.849. The first kappa shape index (κ1) is 18.2. The molecule has 3 aromatic rings. The van der Waals surface area contributed by atoms with Gasteiger partial charge >= 0.3 is 6.03 Å². The molecule has 1 aliphatic heterocycles. The van der Waals surface area contributed by atoms with Crippen LogP contribution >= 0.6 is 0 Å². The largest absolute Gasteiger partial charge is 0.331 e. The number of hydrogen-bond acceptors (Lipinski definition) is 5. The number of piperazine rings is 1. The Kier molecular flexibility index (Phi) is 5.34. The Balaban J connectivity index is 1.29. The van der Waals surface area contributed by atoms with Crippen LogP contribution in [0.15, 0.2) is 49.1 Å². The third-order valence-corrected chi connectivity index (χ3v) is 4.96. The van der Waals surface area contributed by atoms with Gasteiger partial charge in [-0.05, 0) is 19.1 Å². The molecule has 2 aromatic heterocycles. The van der Waals surface area contributed by atoms with E-state index in [1.54, 1.807) is 6.20 Å². The van der Waals surface area contributed by atoms with E-state index in [1.807, 2.05) is 53.0 Å². The van der Waals surface area contributed by atoms with Crippen molar-refractivity contribution < 1.29 is 4.79 Å². The molecule has 1 fully saturated rings. The SMILES string of the molecule is CC(NC(=O)N1CCN(Cc2ncn[nH]2)CC1)c1cnn(-c2ccccc2)c1. The van der Waals surface area contributed by atoms with Gasteiger partial charge in [-0.2, -0.15) is 10.2 Å². The predicted octanol–water partition coefficient (Wildman–Crippen LogP) is 1.58. The number of carbonyl (C=O) groups is 1. The van der Waals surface area contributed by atoms with Crippen LogP contribution in [0.4, 0.5) is 4.79 Å². The molecule has 4 rings (SSSR count). The standard InChI is InChI=1S/C19H24N8O/c1-15(16-11-22-27(12-16)17-5-3-2-4-6-17)23-19(28)26-9-7-25(8-10-26)13-18-20-14-21-24-18/h2-6,11-12,14-15H,7-10,13H2,1H3,(H,23,28)(H,20,21,24). The van der Waals surface area contributed by atoms with Gasteiger partial charge in [-0.3, -0.25) is 10.00 Å². The average molecular weight is 380 g/mol. The van der Waals surface area contributed by atoms with Gasteiger partial charge in [0.05, 0.1) is 24.5 Å². The maximum Gasteiger partial charge on any atom is 0.317 e. The first-order valence-electron chi connectivity index (χ1n) is 9.41. The van der Waals surface area contributed by atoms with Crippen molar-refractivity contribution in [2.75, 3.05) is 26.2 Å². The van der Waals surface area contributed by atoms with Crippen molar-refractivity contribution in [2.24, 2.45) is 0 Å². The molecule has 146 valence electrons. The van der Waals surface area contributed by atoms with Crippen LogP contribution < -0.4 is 5.32 Å². The zero-order valence-electron chi connectivity index (χ0n) is 15.8. The van der Waals surface area contributed by atoms with Crippen LogP contribution in [0.25, 0.3) is 5.69 Å². The lowest BCUT2D eigenvalue weighted by atomic mass is 10.2. The predicted molar refractivity (Wildman–Crippen MR) is 104 cm³/mol. The van der Waals surface area contributed by atoms with Crippen LogP contribution in [-0.4, -0.2) is 67.0 Å². The van der Waals surface area contributed by atoms with Gasteiger partial charge in [-0.25, -0.2) is 14.5 Å². The molecule has 0 radical (unpaired) electrons. The van der Waals surface area contributed by atoms with Crippen LogP contribution in [0.5, 0.6) is 0 Å². The highest BCUT2D eigenvalue weighted by Crippen LogP contribution is 2.15. The summed E-state index contributed by atoms with van der Waals surface area (Å²) in [5, 5.41) is 14.2. The fourth-order valence-corrected chi connectivity index (χ4v) is 3.27. The summed E-state index contributed by atoms with van der Waals surface area (Å²) in [6.45, 7) is 5.71. The van der Waals surface area contributed by atoms with Crippen molar-refractivity contribution >= 4 is 6.03 Å². The van der Waals surface area contributed by atoms with E-state index in [-0.39, 0.29) is 12.1 Å². The van der Waals surface area contributed by atoms with Crippen LogP contribution in [0.1, 0.15) is 24.4 Å². The summed E-state index contributed by atoms with van der Waals surface area (Å²) >= 11 is 0. The third-order valence-electron chi connectivity index (χ3n) is 4.96. The Morgan fingerprint density at radius 1 is 1.21 bits per heavy atom. The van der Waals surface area contributed by atoms with E-state index in [0.717, 1.165) is 36.7 Å². The van der Waals surface area contributed by atoms with Crippen molar-refractivity contribution in [3.8, 4) is 5.69 Å². The quantitative estimate of drug-likeness (QED) is 0.701. The fourth-order valence-electron chi connectivity index (χ4n) is 3.27. The van der Waals surface area contributed by atoms with Gasteiger partial charge in [0.1, 0.15) is 12.2 Å². The minimum atomic E-state index is -0.114. The average Bonchev–Trinajstić information content (AvgIpc) is 3.41. The smallest absolute Gasteiger partial charge is 0.317 e. The van der Waals surface area contributed by atoms with E-state index < -0.39 is 0 Å². The van der Waals surface area contributed by atoms with Gasteiger partial charge in [0.15, 0.2) is 0 Å². The Bertz CT molecular complexity index is 884. The molecular formula is C19H24N8O. The second-order valence-electron chi connectivity index (χ2n) is 6.92. The molecule has 1 aromatic carbocycles. The summed E-state index contributed by atoms with van der Waals surface area (Å²) < 4.78 is 1.82. The molecule has 0 spiro atoms. The minimum absolute atomic E-state index is 0.0423. The summed E-state index contributed by atoms with van der Waals surface area (Å²) in [5.41, 5.74) is 1.97. The van der Waals surface area contributed by atoms with E-state index in [1.165, 1.54) is 6.33 Å². The minimum Gasteiger partial charge on any atom is -0.331 e. The number of para-hydroxylation sites is 1. The lowest BCUT2D eigenvalue weighted by molar-refractivity contribution is 0.132. The van der Waals surface area contributed by atoms with Crippen molar-refractivity contribution in [2.45, 2.75) is 19.5 Å². The number of hydrogen-bond donors (Lipinski definition) is 2. The zero-order chi connectivity index (χ0) is 19.3. The second kappa shape index (κ2) is 8.22. The number of rotatable bonds is 5. The number of benzene rings is 1. The molecule has 1 atom stereocenters. The summed E-state index contributed by atoms with van der Waals surface area (Å²) in [6, 6.07) is 9.77. The summed E-state index contributed by atoms with van der Waals surface area (Å²) in [6.07, 6.45) is 5.27. The summed E-state index contributed by atoms with van der Waals surface area (Å²) in [4.78, 5) is 20.9. The van der Waals surface area contributed by atoms with E-state index in [9.17, 15) is 4.79 Å². The first-order chi connectivity index (χ1) is 13.7. The molecule has 1 aliphatic rings.